The molecule has 0 aliphatic carbocycles. The van der Waals surface area contributed by atoms with Crippen LogP contribution in [0.15, 0.2) is 16.7 Å². The molecule has 2 N–H and O–H groups in total. The van der Waals surface area contributed by atoms with Crippen molar-refractivity contribution in [3.8, 4) is 0 Å². The molecule has 2 rings (SSSR count). The highest BCUT2D eigenvalue weighted by Crippen LogP contribution is 2.17. The van der Waals surface area contributed by atoms with E-state index in [0.717, 1.165) is 24.7 Å². The average molecular weight is 276 g/mol. The van der Waals surface area contributed by atoms with Crippen molar-refractivity contribution in [3.05, 3.63) is 23.7 Å². The number of nitrogens with zero attached hydrogens (tertiary/aromatic N) is 4. The third-order valence-electron chi connectivity index (χ3n) is 2.59. The number of aryl methyl sites for hydroxylation is 2. The molecule has 0 saturated carbocycles. The van der Waals surface area contributed by atoms with Crippen molar-refractivity contribution in [1.82, 2.24) is 20.0 Å². The molecule has 7 nitrogen and oxygen atoms in total. The van der Waals surface area contributed by atoms with Crippen molar-refractivity contribution in [2.24, 2.45) is 0 Å². The summed E-state index contributed by atoms with van der Waals surface area (Å²) >= 11 is 0. The lowest BCUT2D eigenvalue weighted by Crippen LogP contribution is -2.21. The molecular weight excluding hydrogens is 256 g/mol. The van der Waals surface area contributed by atoms with Gasteiger partial charge in [-0.2, -0.15) is 0 Å². The summed E-state index contributed by atoms with van der Waals surface area (Å²) < 4.78 is 5.01. The summed E-state index contributed by atoms with van der Waals surface area (Å²) in [6.45, 7) is 5.47. The molecule has 0 bridgehead atoms. The fourth-order valence-electron chi connectivity index (χ4n) is 1.69. The minimum Gasteiger partial charge on any atom is -0.369 e. The van der Waals surface area contributed by atoms with Gasteiger partial charge in [0, 0.05) is 25.2 Å². The van der Waals surface area contributed by atoms with E-state index in [0.29, 0.717) is 17.5 Å². The van der Waals surface area contributed by atoms with Crippen molar-refractivity contribution in [2.75, 3.05) is 37.8 Å². The summed E-state index contributed by atoms with van der Waals surface area (Å²) in [6, 6.07) is 3.67. The third-order valence-corrected chi connectivity index (χ3v) is 2.59. The van der Waals surface area contributed by atoms with Crippen molar-refractivity contribution in [2.45, 2.75) is 13.8 Å². The van der Waals surface area contributed by atoms with Crippen LogP contribution >= 0.6 is 0 Å². The van der Waals surface area contributed by atoms with Gasteiger partial charge in [0.1, 0.15) is 23.2 Å². The molecule has 0 fully saturated rings. The van der Waals surface area contributed by atoms with Crippen LogP contribution in [0.2, 0.25) is 0 Å². The number of hydrogen-bond donors (Lipinski definition) is 2. The quantitative estimate of drug-likeness (QED) is 0.832. The summed E-state index contributed by atoms with van der Waals surface area (Å²) in [5.41, 5.74) is 0. The summed E-state index contributed by atoms with van der Waals surface area (Å²) in [5, 5.41) is 10.3. The summed E-state index contributed by atoms with van der Waals surface area (Å²) in [7, 11) is 4.07. The normalized spacial score (nSPS) is 10.8. The summed E-state index contributed by atoms with van der Waals surface area (Å²) in [4.78, 5) is 10.8. The maximum absolute atomic E-state index is 5.01. The van der Waals surface area contributed by atoms with Crippen LogP contribution in [-0.4, -0.2) is 47.2 Å². The van der Waals surface area contributed by atoms with Crippen LogP contribution in [0.5, 0.6) is 0 Å². The highest BCUT2D eigenvalue weighted by Gasteiger charge is 2.05. The molecule has 2 aromatic heterocycles. The molecule has 0 radical (unpaired) electrons. The zero-order valence-electron chi connectivity index (χ0n) is 12.3. The molecule has 0 spiro atoms. The van der Waals surface area contributed by atoms with Crippen LogP contribution in [0.1, 0.15) is 11.6 Å². The van der Waals surface area contributed by atoms with Gasteiger partial charge in [0.05, 0.1) is 0 Å². The smallest absolute Gasteiger partial charge is 0.175 e. The lowest BCUT2D eigenvalue weighted by Gasteiger charge is -2.12. The van der Waals surface area contributed by atoms with Gasteiger partial charge in [0.2, 0.25) is 0 Å². The molecular formula is C13H20N6O. The number of nitrogens with one attached hydrogen (secondary N) is 2. The molecule has 7 heteroatoms. The minimum absolute atomic E-state index is 0.639. The monoisotopic (exact) mass is 276 g/mol. The van der Waals surface area contributed by atoms with Gasteiger partial charge in [0.15, 0.2) is 5.82 Å². The Balaban J connectivity index is 2.04. The predicted molar refractivity (Wildman–Crippen MR) is 78.3 cm³/mol. The van der Waals surface area contributed by atoms with Gasteiger partial charge < -0.3 is 20.1 Å². The van der Waals surface area contributed by atoms with Crippen molar-refractivity contribution < 1.29 is 4.52 Å². The third kappa shape index (κ3) is 4.20. The molecule has 2 aromatic rings. The van der Waals surface area contributed by atoms with Gasteiger partial charge in [0.25, 0.3) is 0 Å². The lowest BCUT2D eigenvalue weighted by atomic mass is 10.4. The summed E-state index contributed by atoms with van der Waals surface area (Å²) in [6.07, 6.45) is 0. The fourth-order valence-corrected chi connectivity index (χ4v) is 1.69. The Morgan fingerprint density at radius 3 is 2.50 bits per heavy atom. The second kappa shape index (κ2) is 6.33. The predicted octanol–water partition coefficient (Wildman–Crippen LogP) is 1.80. The molecule has 0 aliphatic heterocycles. The molecule has 108 valence electrons. The second-order valence-corrected chi connectivity index (χ2v) is 4.86. The number of likely N-dealkylation sites (N-methyl/N-ethyl adjacent to an activating group) is 1. The topological polar surface area (TPSA) is 79.1 Å². The van der Waals surface area contributed by atoms with E-state index < -0.39 is 0 Å². The number of anilines is 3. The highest BCUT2D eigenvalue weighted by molar-refractivity contribution is 5.55. The average Bonchev–Trinajstić information content (AvgIpc) is 2.73. The van der Waals surface area contributed by atoms with Crippen LogP contribution in [0, 0.1) is 13.8 Å². The van der Waals surface area contributed by atoms with Gasteiger partial charge in [-0.1, -0.05) is 5.16 Å². The Bertz CT molecular complexity index is 566. The fraction of sp³-hybridized carbons (Fsp3) is 0.462. The number of aromatic nitrogens is 3. The maximum atomic E-state index is 5.01. The summed E-state index contributed by atoms with van der Waals surface area (Å²) in [5.74, 6) is 3.57. The van der Waals surface area contributed by atoms with Crippen molar-refractivity contribution >= 4 is 17.5 Å². The Morgan fingerprint density at radius 2 is 1.85 bits per heavy atom. The lowest BCUT2D eigenvalue weighted by molar-refractivity contribution is 0.400. The molecule has 0 unspecified atom stereocenters. The number of hydrogen-bond acceptors (Lipinski definition) is 7. The van der Waals surface area contributed by atoms with Gasteiger partial charge in [-0.05, 0) is 27.9 Å². The highest BCUT2D eigenvalue weighted by atomic mass is 16.5. The molecule has 0 atom stereocenters. The van der Waals surface area contributed by atoms with Crippen LogP contribution in [0.3, 0.4) is 0 Å². The van der Waals surface area contributed by atoms with Crippen LogP contribution < -0.4 is 10.6 Å². The van der Waals surface area contributed by atoms with E-state index in [1.807, 2.05) is 40.1 Å². The Hall–Kier alpha value is -2.15. The van der Waals surface area contributed by atoms with Gasteiger partial charge in [-0.25, -0.2) is 9.97 Å². The second-order valence-electron chi connectivity index (χ2n) is 4.86. The van der Waals surface area contributed by atoms with E-state index in [2.05, 4.69) is 30.7 Å². The Kier molecular flexibility index (Phi) is 4.52. The van der Waals surface area contributed by atoms with Crippen molar-refractivity contribution in [3.63, 3.8) is 0 Å². The molecule has 0 aliphatic rings. The first kappa shape index (κ1) is 14.3. The first-order valence-electron chi connectivity index (χ1n) is 6.47. The van der Waals surface area contributed by atoms with E-state index in [1.165, 1.54) is 0 Å². The van der Waals surface area contributed by atoms with Gasteiger partial charge in [-0.3, -0.25) is 0 Å². The van der Waals surface area contributed by atoms with Crippen molar-refractivity contribution in [1.29, 1.82) is 0 Å². The van der Waals surface area contributed by atoms with E-state index in [4.69, 9.17) is 4.52 Å². The van der Waals surface area contributed by atoms with Crippen LogP contribution in [0.25, 0.3) is 0 Å². The zero-order valence-corrected chi connectivity index (χ0v) is 12.3. The van der Waals surface area contributed by atoms with Crippen LogP contribution in [0.4, 0.5) is 17.5 Å². The zero-order chi connectivity index (χ0) is 14.5. The van der Waals surface area contributed by atoms with E-state index >= 15 is 0 Å². The maximum Gasteiger partial charge on any atom is 0.175 e. The van der Waals surface area contributed by atoms with E-state index in [9.17, 15) is 0 Å². The first-order valence-corrected chi connectivity index (χ1v) is 6.47. The first-order chi connectivity index (χ1) is 9.52. The van der Waals surface area contributed by atoms with Gasteiger partial charge in [-0.15, -0.1) is 0 Å². The molecule has 0 saturated heterocycles. The molecule has 0 amide bonds. The molecule has 0 aromatic carbocycles. The van der Waals surface area contributed by atoms with E-state index in [1.54, 1.807) is 0 Å². The minimum atomic E-state index is 0.639. The Labute approximate surface area is 118 Å². The Morgan fingerprint density at radius 1 is 1.10 bits per heavy atom. The largest absolute Gasteiger partial charge is 0.369 e. The van der Waals surface area contributed by atoms with E-state index in [-0.39, 0.29) is 0 Å². The molecule has 2 heterocycles. The molecule has 20 heavy (non-hydrogen) atoms. The number of rotatable bonds is 6. The standard InChI is InChI=1S/C13H20N6O/c1-9-7-13(18-20-9)17-12-8-11(15-10(2)16-12)14-5-6-19(3)4/h7-8H,5-6H2,1-4H3,(H2,14,15,16,17,18). The van der Waals surface area contributed by atoms with Crippen LogP contribution in [-0.2, 0) is 0 Å². The SMILES string of the molecule is Cc1nc(NCCN(C)C)cc(Nc2cc(C)on2)n1. The van der Waals surface area contributed by atoms with Gasteiger partial charge >= 0.3 is 0 Å².